The molecule has 2 fully saturated rings. The minimum atomic E-state index is 0.172. The number of Topliss-reactive ketones (excluding diaryl/α,β-unsaturated/α-hetero) is 1. The van der Waals surface area contributed by atoms with Crippen molar-refractivity contribution in [1.82, 2.24) is 0 Å². The zero-order valence-electron chi connectivity index (χ0n) is 10.2. The van der Waals surface area contributed by atoms with Crippen LogP contribution in [0.4, 0.5) is 0 Å². The minimum Gasteiger partial charge on any atom is -0.490 e. The van der Waals surface area contributed by atoms with Crippen molar-refractivity contribution in [3.8, 4) is 5.75 Å². The standard InChI is InChI=1S/C15H18O2/c1-10(11-5-6-11)15(16)12-3-2-4-14(9-12)17-13-7-8-13/h2-4,9-11,13H,5-8H2,1H3. The first-order chi connectivity index (χ1) is 8.24. The Balaban J connectivity index is 1.74. The lowest BCUT2D eigenvalue weighted by Gasteiger charge is -2.10. The lowest BCUT2D eigenvalue weighted by Crippen LogP contribution is -2.13. The monoisotopic (exact) mass is 230 g/mol. The van der Waals surface area contributed by atoms with Gasteiger partial charge in [0.25, 0.3) is 0 Å². The van der Waals surface area contributed by atoms with Crippen molar-refractivity contribution < 1.29 is 9.53 Å². The number of carbonyl (C=O) groups is 1. The summed E-state index contributed by atoms with van der Waals surface area (Å²) in [6, 6.07) is 7.67. The highest BCUT2D eigenvalue weighted by molar-refractivity contribution is 5.98. The fourth-order valence-corrected chi connectivity index (χ4v) is 2.17. The molecule has 2 nitrogen and oxygen atoms in total. The number of hydrogen-bond donors (Lipinski definition) is 0. The van der Waals surface area contributed by atoms with Gasteiger partial charge in [-0.3, -0.25) is 4.79 Å². The number of ether oxygens (including phenoxy) is 1. The van der Waals surface area contributed by atoms with Gasteiger partial charge in [0.1, 0.15) is 5.75 Å². The predicted octanol–water partition coefficient (Wildman–Crippen LogP) is 3.46. The molecule has 0 radical (unpaired) electrons. The molecule has 1 atom stereocenters. The quantitative estimate of drug-likeness (QED) is 0.724. The van der Waals surface area contributed by atoms with E-state index < -0.39 is 0 Å². The summed E-state index contributed by atoms with van der Waals surface area (Å²) in [6.45, 7) is 2.05. The molecule has 2 aliphatic carbocycles. The molecule has 0 N–H and O–H groups in total. The number of hydrogen-bond acceptors (Lipinski definition) is 2. The molecule has 0 heterocycles. The molecule has 1 aromatic rings. The van der Waals surface area contributed by atoms with Crippen LogP contribution in [0.5, 0.6) is 5.75 Å². The molecule has 0 spiro atoms. The normalized spacial score (nSPS) is 21.0. The number of rotatable bonds is 5. The van der Waals surface area contributed by atoms with E-state index >= 15 is 0 Å². The highest BCUT2D eigenvalue weighted by Gasteiger charge is 2.33. The SMILES string of the molecule is CC(C(=O)c1cccc(OC2CC2)c1)C1CC1. The maximum atomic E-state index is 12.2. The van der Waals surface area contributed by atoms with Crippen molar-refractivity contribution >= 4 is 5.78 Å². The van der Waals surface area contributed by atoms with Gasteiger partial charge in [-0.15, -0.1) is 0 Å². The average molecular weight is 230 g/mol. The average Bonchev–Trinajstić information content (AvgIpc) is 3.19. The Kier molecular flexibility index (Phi) is 2.65. The first kappa shape index (κ1) is 10.8. The van der Waals surface area contributed by atoms with Crippen LogP contribution in [0, 0.1) is 11.8 Å². The highest BCUT2D eigenvalue weighted by Crippen LogP contribution is 2.38. The van der Waals surface area contributed by atoms with E-state index in [4.69, 9.17) is 4.74 Å². The summed E-state index contributed by atoms with van der Waals surface area (Å²) in [7, 11) is 0. The molecule has 1 aromatic carbocycles. The van der Waals surface area contributed by atoms with Crippen molar-refractivity contribution in [3.05, 3.63) is 29.8 Å². The van der Waals surface area contributed by atoms with Gasteiger partial charge < -0.3 is 4.74 Å². The van der Waals surface area contributed by atoms with E-state index in [1.165, 1.54) is 12.8 Å². The van der Waals surface area contributed by atoms with Crippen LogP contribution in [0.15, 0.2) is 24.3 Å². The molecule has 3 rings (SSSR count). The van der Waals surface area contributed by atoms with E-state index in [9.17, 15) is 4.79 Å². The third-order valence-electron chi connectivity index (χ3n) is 3.69. The van der Waals surface area contributed by atoms with Crippen molar-refractivity contribution in [2.45, 2.75) is 38.7 Å². The highest BCUT2D eigenvalue weighted by atomic mass is 16.5. The van der Waals surface area contributed by atoms with E-state index in [1.807, 2.05) is 24.3 Å². The molecule has 17 heavy (non-hydrogen) atoms. The van der Waals surface area contributed by atoms with Gasteiger partial charge in [0.15, 0.2) is 5.78 Å². The van der Waals surface area contributed by atoms with Gasteiger partial charge in [0.05, 0.1) is 6.10 Å². The van der Waals surface area contributed by atoms with Crippen LogP contribution in [-0.2, 0) is 0 Å². The molecule has 2 aliphatic rings. The van der Waals surface area contributed by atoms with Gasteiger partial charge in [-0.1, -0.05) is 19.1 Å². The number of ketones is 1. The second kappa shape index (κ2) is 4.17. The number of carbonyl (C=O) groups excluding carboxylic acids is 1. The molecule has 2 saturated carbocycles. The summed E-state index contributed by atoms with van der Waals surface area (Å²) < 4.78 is 5.72. The molecular weight excluding hydrogens is 212 g/mol. The van der Waals surface area contributed by atoms with Crippen LogP contribution in [0.25, 0.3) is 0 Å². The lowest BCUT2D eigenvalue weighted by atomic mass is 9.95. The van der Waals surface area contributed by atoms with E-state index in [2.05, 4.69) is 6.92 Å². The van der Waals surface area contributed by atoms with E-state index in [0.717, 1.165) is 24.2 Å². The van der Waals surface area contributed by atoms with Gasteiger partial charge in [-0.2, -0.15) is 0 Å². The largest absolute Gasteiger partial charge is 0.490 e. The topological polar surface area (TPSA) is 26.3 Å². The van der Waals surface area contributed by atoms with Crippen molar-refractivity contribution in [2.75, 3.05) is 0 Å². The molecule has 90 valence electrons. The van der Waals surface area contributed by atoms with Gasteiger partial charge in [-0.25, -0.2) is 0 Å². The first-order valence-corrected chi connectivity index (χ1v) is 6.55. The van der Waals surface area contributed by atoms with Crippen LogP contribution in [0.1, 0.15) is 43.0 Å². The Hall–Kier alpha value is -1.31. The number of benzene rings is 1. The lowest BCUT2D eigenvalue weighted by molar-refractivity contribution is 0.0915. The van der Waals surface area contributed by atoms with E-state index in [1.54, 1.807) is 0 Å². The zero-order valence-corrected chi connectivity index (χ0v) is 10.2. The molecule has 0 amide bonds. The van der Waals surface area contributed by atoms with Crippen LogP contribution >= 0.6 is 0 Å². The molecule has 0 aromatic heterocycles. The van der Waals surface area contributed by atoms with Crippen molar-refractivity contribution in [3.63, 3.8) is 0 Å². The smallest absolute Gasteiger partial charge is 0.166 e. The maximum absolute atomic E-state index is 12.2. The molecular formula is C15H18O2. The second-order valence-electron chi connectivity index (χ2n) is 5.34. The molecule has 0 bridgehead atoms. The fourth-order valence-electron chi connectivity index (χ4n) is 2.17. The van der Waals surface area contributed by atoms with Crippen LogP contribution < -0.4 is 4.74 Å². The van der Waals surface area contributed by atoms with Gasteiger partial charge in [-0.05, 0) is 43.7 Å². The predicted molar refractivity (Wildman–Crippen MR) is 66.3 cm³/mol. The third-order valence-corrected chi connectivity index (χ3v) is 3.69. The summed E-state index contributed by atoms with van der Waals surface area (Å²) in [4.78, 5) is 12.2. The minimum absolute atomic E-state index is 0.172. The third kappa shape index (κ3) is 2.51. The summed E-state index contributed by atoms with van der Waals surface area (Å²) in [5, 5.41) is 0. The second-order valence-corrected chi connectivity index (χ2v) is 5.34. The zero-order chi connectivity index (χ0) is 11.8. The van der Waals surface area contributed by atoms with Crippen molar-refractivity contribution in [1.29, 1.82) is 0 Å². The van der Waals surface area contributed by atoms with Gasteiger partial charge in [0, 0.05) is 11.5 Å². The molecule has 2 heteroatoms. The summed E-state index contributed by atoms with van der Waals surface area (Å²) in [6.07, 6.45) is 5.12. The Morgan fingerprint density at radius 3 is 2.71 bits per heavy atom. The molecule has 1 unspecified atom stereocenters. The van der Waals surface area contributed by atoms with Gasteiger partial charge in [0.2, 0.25) is 0 Å². The summed E-state index contributed by atoms with van der Waals surface area (Å²) >= 11 is 0. The summed E-state index contributed by atoms with van der Waals surface area (Å²) in [5.41, 5.74) is 0.808. The Morgan fingerprint density at radius 1 is 1.29 bits per heavy atom. The molecule has 0 saturated heterocycles. The fraction of sp³-hybridized carbons (Fsp3) is 0.533. The Bertz CT molecular complexity index is 430. The van der Waals surface area contributed by atoms with Crippen LogP contribution in [-0.4, -0.2) is 11.9 Å². The first-order valence-electron chi connectivity index (χ1n) is 6.55. The van der Waals surface area contributed by atoms with Crippen molar-refractivity contribution in [2.24, 2.45) is 11.8 Å². The molecule has 0 aliphatic heterocycles. The van der Waals surface area contributed by atoms with Crippen LogP contribution in [0.3, 0.4) is 0 Å². The van der Waals surface area contributed by atoms with E-state index in [-0.39, 0.29) is 11.7 Å². The summed E-state index contributed by atoms with van der Waals surface area (Å²) in [5.74, 6) is 1.91. The van der Waals surface area contributed by atoms with E-state index in [0.29, 0.717) is 12.0 Å². The Morgan fingerprint density at radius 2 is 2.06 bits per heavy atom. The van der Waals surface area contributed by atoms with Crippen LogP contribution in [0.2, 0.25) is 0 Å². The van der Waals surface area contributed by atoms with Gasteiger partial charge >= 0.3 is 0 Å². The Labute approximate surface area is 102 Å². The maximum Gasteiger partial charge on any atom is 0.166 e.